The molecule has 0 spiro atoms. The summed E-state index contributed by atoms with van der Waals surface area (Å²) >= 11 is 0. The standard InChI is InChI=1S/C18H21NO3/c1-21-18(20)14-8-6-13(7-9-14)17-11-10-16(22-17)12-19-15-4-2-3-5-15/h6-11,15,19H,2-5,12H2,1H3/p+1. The van der Waals surface area contributed by atoms with E-state index in [1.54, 1.807) is 12.1 Å². The topological polar surface area (TPSA) is 56.0 Å². The Morgan fingerprint density at radius 2 is 1.91 bits per heavy atom. The lowest BCUT2D eigenvalue weighted by Gasteiger charge is -2.06. The minimum atomic E-state index is -0.321. The van der Waals surface area contributed by atoms with E-state index in [9.17, 15) is 4.79 Å². The van der Waals surface area contributed by atoms with Gasteiger partial charge < -0.3 is 14.5 Å². The van der Waals surface area contributed by atoms with Crippen LogP contribution in [0, 0.1) is 0 Å². The lowest BCUT2D eigenvalue weighted by Crippen LogP contribution is -2.87. The Balaban J connectivity index is 1.63. The van der Waals surface area contributed by atoms with E-state index < -0.39 is 0 Å². The molecule has 0 bridgehead atoms. The third-order valence-electron chi connectivity index (χ3n) is 4.30. The molecule has 2 aromatic rings. The molecule has 1 aromatic carbocycles. The zero-order valence-corrected chi connectivity index (χ0v) is 12.9. The fraction of sp³-hybridized carbons (Fsp3) is 0.389. The van der Waals surface area contributed by atoms with Crippen LogP contribution >= 0.6 is 0 Å². The lowest BCUT2D eigenvalue weighted by molar-refractivity contribution is -0.704. The number of methoxy groups -OCH3 is 1. The molecule has 0 atom stereocenters. The van der Waals surface area contributed by atoms with Crippen molar-refractivity contribution in [1.82, 2.24) is 0 Å². The molecule has 1 saturated carbocycles. The van der Waals surface area contributed by atoms with Crippen molar-refractivity contribution in [2.24, 2.45) is 0 Å². The Hall–Kier alpha value is -2.07. The molecule has 0 aliphatic heterocycles. The van der Waals surface area contributed by atoms with Crippen molar-refractivity contribution in [1.29, 1.82) is 0 Å². The van der Waals surface area contributed by atoms with Crippen molar-refractivity contribution in [3.05, 3.63) is 47.7 Å². The number of hydrogen-bond donors (Lipinski definition) is 1. The van der Waals surface area contributed by atoms with E-state index in [1.165, 1.54) is 32.8 Å². The average molecular weight is 300 g/mol. The molecule has 1 aliphatic rings. The zero-order valence-electron chi connectivity index (χ0n) is 12.9. The van der Waals surface area contributed by atoms with Crippen LogP contribution in [-0.2, 0) is 11.3 Å². The summed E-state index contributed by atoms with van der Waals surface area (Å²) in [5.41, 5.74) is 1.52. The van der Waals surface area contributed by atoms with Crippen LogP contribution in [0.25, 0.3) is 11.3 Å². The number of hydrogen-bond acceptors (Lipinski definition) is 3. The van der Waals surface area contributed by atoms with Gasteiger partial charge in [0.25, 0.3) is 0 Å². The summed E-state index contributed by atoms with van der Waals surface area (Å²) in [5, 5.41) is 2.38. The Bertz CT molecular complexity index is 624. The summed E-state index contributed by atoms with van der Waals surface area (Å²) in [4.78, 5) is 11.4. The van der Waals surface area contributed by atoms with Gasteiger partial charge in [-0.1, -0.05) is 12.1 Å². The number of benzene rings is 1. The molecule has 3 rings (SSSR count). The molecule has 1 aromatic heterocycles. The van der Waals surface area contributed by atoms with Gasteiger partial charge >= 0.3 is 5.97 Å². The van der Waals surface area contributed by atoms with Gasteiger partial charge in [0.1, 0.15) is 12.3 Å². The average Bonchev–Trinajstić information content (AvgIpc) is 3.24. The fourth-order valence-electron chi connectivity index (χ4n) is 3.01. The molecular formula is C18H22NO3+. The first-order chi connectivity index (χ1) is 10.8. The number of rotatable bonds is 5. The zero-order chi connectivity index (χ0) is 15.4. The van der Waals surface area contributed by atoms with E-state index in [0.717, 1.165) is 29.7 Å². The molecule has 4 heteroatoms. The number of ether oxygens (including phenoxy) is 1. The molecule has 0 unspecified atom stereocenters. The smallest absolute Gasteiger partial charge is 0.337 e. The van der Waals surface area contributed by atoms with E-state index >= 15 is 0 Å². The highest BCUT2D eigenvalue weighted by Crippen LogP contribution is 2.22. The quantitative estimate of drug-likeness (QED) is 0.864. The maximum Gasteiger partial charge on any atom is 0.337 e. The van der Waals surface area contributed by atoms with Gasteiger partial charge in [-0.2, -0.15) is 0 Å². The van der Waals surface area contributed by atoms with Crippen molar-refractivity contribution in [3.63, 3.8) is 0 Å². The largest absolute Gasteiger partial charge is 0.465 e. The van der Waals surface area contributed by atoms with E-state index in [2.05, 4.69) is 5.32 Å². The highest BCUT2D eigenvalue weighted by atomic mass is 16.5. The van der Waals surface area contributed by atoms with Gasteiger partial charge in [-0.15, -0.1) is 0 Å². The van der Waals surface area contributed by atoms with E-state index in [-0.39, 0.29) is 5.97 Å². The maximum absolute atomic E-state index is 11.4. The van der Waals surface area contributed by atoms with Crippen LogP contribution in [-0.4, -0.2) is 19.1 Å². The molecule has 2 N–H and O–H groups in total. The molecule has 116 valence electrons. The summed E-state index contributed by atoms with van der Waals surface area (Å²) in [6, 6.07) is 12.1. The summed E-state index contributed by atoms with van der Waals surface area (Å²) in [5.74, 6) is 1.52. The molecule has 1 fully saturated rings. The van der Waals surface area contributed by atoms with E-state index in [1.807, 2.05) is 24.3 Å². The Kier molecular flexibility index (Phi) is 4.59. The van der Waals surface area contributed by atoms with Crippen LogP contribution in [0.1, 0.15) is 41.8 Å². The van der Waals surface area contributed by atoms with Gasteiger partial charge in [-0.25, -0.2) is 4.79 Å². The summed E-state index contributed by atoms with van der Waals surface area (Å²) < 4.78 is 10.6. The van der Waals surface area contributed by atoms with Gasteiger partial charge in [-0.05, 0) is 49.9 Å². The van der Waals surface area contributed by atoms with Crippen LogP contribution in [0.15, 0.2) is 40.8 Å². The molecule has 1 aliphatic carbocycles. The van der Waals surface area contributed by atoms with Crippen molar-refractivity contribution in [2.75, 3.05) is 7.11 Å². The molecule has 0 saturated heterocycles. The molecular weight excluding hydrogens is 278 g/mol. The minimum Gasteiger partial charge on any atom is -0.465 e. The Morgan fingerprint density at radius 3 is 2.59 bits per heavy atom. The molecule has 22 heavy (non-hydrogen) atoms. The van der Waals surface area contributed by atoms with Crippen molar-refractivity contribution in [2.45, 2.75) is 38.3 Å². The third-order valence-corrected chi connectivity index (χ3v) is 4.30. The number of quaternary nitrogens is 1. The molecule has 4 nitrogen and oxygen atoms in total. The van der Waals surface area contributed by atoms with Crippen LogP contribution in [0.5, 0.6) is 0 Å². The second-order valence-corrected chi connectivity index (χ2v) is 5.82. The second kappa shape index (κ2) is 6.79. The highest BCUT2D eigenvalue weighted by Gasteiger charge is 2.18. The minimum absolute atomic E-state index is 0.321. The number of furan rings is 1. The number of nitrogens with two attached hydrogens (primary N) is 1. The number of esters is 1. The van der Waals surface area contributed by atoms with Gasteiger partial charge in [0, 0.05) is 5.56 Å². The Morgan fingerprint density at radius 1 is 1.18 bits per heavy atom. The van der Waals surface area contributed by atoms with Gasteiger partial charge in [-0.3, -0.25) is 0 Å². The third kappa shape index (κ3) is 3.39. The van der Waals surface area contributed by atoms with Gasteiger partial charge in [0.2, 0.25) is 0 Å². The summed E-state index contributed by atoms with van der Waals surface area (Å²) in [7, 11) is 1.38. The first kappa shape index (κ1) is 14.9. The first-order valence-electron chi connectivity index (χ1n) is 7.87. The summed E-state index contributed by atoms with van der Waals surface area (Å²) in [6.07, 6.45) is 5.36. The highest BCUT2D eigenvalue weighted by molar-refractivity contribution is 5.89. The molecule has 0 radical (unpaired) electrons. The van der Waals surface area contributed by atoms with Crippen LogP contribution in [0.4, 0.5) is 0 Å². The van der Waals surface area contributed by atoms with Crippen molar-refractivity contribution in [3.8, 4) is 11.3 Å². The first-order valence-corrected chi connectivity index (χ1v) is 7.87. The maximum atomic E-state index is 11.4. The molecule has 0 amide bonds. The number of carbonyl (C=O) groups is 1. The fourth-order valence-corrected chi connectivity index (χ4v) is 3.01. The van der Waals surface area contributed by atoms with Crippen LogP contribution in [0.3, 0.4) is 0 Å². The van der Waals surface area contributed by atoms with Gasteiger partial charge in [0.05, 0.1) is 18.7 Å². The van der Waals surface area contributed by atoms with Crippen LogP contribution in [0.2, 0.25) is 0 Å². The lowest BCUT2D eigenvalue weighted by atomic mass is 10.1. The predicted octanol–water partition coefficient (Wildman–Crippen LogP) is 2.74. The SMILES string of the molecule is COC(=O)c1ccc(-c2ccc(C[NH2+]C3CCCC3)o2)cc1. The van der Waals surface area contributed by atoms with E-state index in [4.69, 9.17) is 9.15 Å². The van der Waals surface area contributed by atoms with Gasteiger partial charge in [0.15, 0.2) is 5.76 Å². The number of carbonyl (C=O) groups excluding carboxylic acids is 1. The monoisotopic (exact) mass is 300 g/mol. The van der Waals surface area contributed by atoms with Crippen molar-refractivity contribution < 1.29 is 19.3 Å². The molecule has 1 heterocycles. The van der Waals surface area contributed by atoms with Crippen molar-refractivity contribution >= 4 is 5.97 Å². The van der Waals surface area contributed by atoms with E-state index in [0.29, 0.717) is 5.56 Å². The van der Waals surface area contributed by atoms with Crippen LogP contribution < -0.4 is 5.32 Å². The summed E-state index contributed by atoms with van der Waals surface area (Å²) in [6.45, 7) is 0.894. The predicted molar refractivity (Wildman–Crippen MR) is 83.4 cm³/mol. The Labute approximate surface area is 130 Å². The second-order valence-electron chi connectivity index (χ2n) is 5.82. The normalized spacial score (nSPS) is 15.1.